The van der Waals surface area contributed by atoms with Crippen molar-refractivity contribution in [3.05, 3.63) is 0 Å². The Balaban J connectivity index is 4.27. The van der Waals surface area contributed by atoms with Crippen LogP contribution in [-0.2, 0) is 9.53 Å². The molecule has 0 spiro atoms. The van der Waals surface area contributed by atoms with Crippen LogP contribution >= 0.6 is 0 Å². The molecule has 0 saturated carbocycles. The second-order valence-electron chi connectivity index (χ2n) is 4.25. The molecule has 0 aliphatic rings. The molecule has 12 heavy (non-hydrogen) atoms. The average Bonchev–Trinajstić information content (AvgIpc) is 1.85. The van der Waals surface area contributed by atoms with Gasteiger partial charge in [-0.25, -0.2) is 4.79 Å². The fraction of sp³-hybridized carbons (Fsp3) is 0.900. The predicted octanol–water partition coefficient (Wildman–Crippen LogP) is 2.53. The maximum Gasteiger partial charge on any atom is 0.418 e. The summed E-state index contributed by atoms with van der Waals surface area (Å²) in [7, 11) is 0. The minimum Gasteiger partial charge on any atom is -0.451 e. The van der Waals surface area contributed by atoms with Crippen molar-refractivity contribution in [2.45, 2.75) is 46.6 Å². The summed E-state index contributed by atoms with van der Waals surface area (Å²) in [5, 5.41) is 0. The summed E-state index contributed by atoms with van der Waals surface area (Å²) in [6, 6.07) is 0. The maximum absolute atomic E-state index is 10.2. The van der Waals surface area contributed by atoms with E-state index in [0.717, 1.165) is 6.42 Å². The fourth-order valence-electron chi connectivity index (χ4n) is 1.30. The van der Waals surface area contributed by atoms with Crippen LogP contribution in [-0.4, -0.2) is 12.1 Å². The first-order chi connectivity index (χ1) is 5.42. The van der Waals surface area contributed by atoms with Crippen LogP contribution in [0.4, 0.5) is 0 Å². The Hall–Kier alpha value is -0.530. The highest BCUT2D eigenvalue weighted by atomic mass is 16.5. The van der Waals surface area contributed by atoms with Gasteiger partial charge in [-0.15, -0.1) is 0 Å². The van der Waals surface area contributed by atoms with E-state index in [-0.39, 0.29) is 5.60 Å². The topological polar surface area (TPSA) is 26.3 Å². The standard InChI is InChI=1S/C10H19O2/c1-8(2)6-10(5,9(3)4)12-7-11/h8-9H,6H2,1-5H3. The minimum atomic E-state index is -0.351. The van der Waals surface area contributed by atoms with Gasteiger partial charge in [0.15, 0.2) is 0 Å². The Labute approximate surface area is 75.3 Å². The molecule has 0 aromatic heterocycles. The average molecular weight is 171 g/mol. The van der Waals surface area contributed by atoms with Crippen molar-refractivity contribution in [2.24, 2.45) is 11.8 Å². The molecule has 0 aromatic rings. The second kappa shape index (κ2) is 4.48. The summed E-state index contributed by atoms with van der Waals surface area (Å²) in [6.07, 6.45) is 0.889. The molecule has 0 heterocycles. The van der Waals surface area contributed by atoms with Gasteiger partial charge in [-0.3, -0.25) is 0 Å². The lowest BCUT2D eigenvalue weighted by Crippen LogP contribution is -2.36. The van der Waals surface area contributed by atoms with Crippen LogP contribution in [0.25, 0.3) is 0 Å². The van der Waals surface area contributed by atoms with Crippen molar-refractivity contribution in [3.63, 3.8) is 0 Å². The molecule has 1 atom stereocenters. The van der Waals surface area contributed by atoms with Crippen molar-refractivity contribution < 1.29 is 9.53 Å². The number of hydrogen-bond donors (Lipinski definition) is 0. The molecule has 0 bridgehead atoms. The van der Waals surface area contributed by atoms with E-state index in [1.54, 1.807) is 6.47 Å². The molecular formula is C10H19O2. The van der Waals surface area contributed by atoms with E-state index in [1.165, 1.54) is 0 Å². The lowest BCUT2D eigenvalue weighted by Gasteiger charge is -2.32. The molecule has 1 radical (unpaired) electrons. The van der Waals surface area contributed by atoms with Crippen LogP contribution < -0.4 is 0 Å². The van der Waals surface area contributed by atoms with Crippen molar-refractivity contribution in [2.75, 3.05) is 0 Å². The third-order valence-electron chi connectivity index (χ3n) is 2.31. The Morgan fingerprint density at radius 2 is 1.83 bits per heavy atom. The zero-order valence-corrected chi connectivity index (χ0v) is 8.68. The van der Waals surface area contributed by atoms with E-state index >= 15 is 0 Å². The van der Waals surface area contributed by atoms with E-state index in [0.29, 0.717) is 11.8 Å². The molecular weight excluding hydrogens is 152 g/mol. The van der Waals surface area contributed by atoms with Crippen molar-refractivity contribution in [3.8, 4) is 0 Å². The minimum absolute atomic E-state index is 0.335. The summed E-state index contributed by atoms with van der Waals surface area (Å²) >= 11 is 0. The third-order valence-corrected chi connectivity index (χ3v) is 2.31. The van der Waals surface area contributed by atoms with E-state index in [2.05, 4.69) is 27.7 Å². The van der Waals surface area contributed by atoms with Gasteiger partial charge in [-0.1, -0.05) is 27.7 Å². The molecule has 0 aliphatic heterocycles. The van der Waals surface area contributed by atoms with Crippen LogP contribution in [0.15, 0.2) is 0 Å². The van der Waals surface area contributed by atoms with Crippen LogP contribution in [0.3, 0.4) is 0 Å². The number of ether oxygens (including phenoxy) is 1. The molecule has 1 unspecified atom stereocenters. The summed E-state index contributed by atoms with van der Waals surface area (Å²) < 4.78 is 5.00. The zero-order valence-electron chi connectivity index (χ0n) is 8.68. The highest BCUT2D eigenvalue weighted by molar-refractivity contribution is 5.39. The van der Waals surface area contributed by atoms with Gasteiger partial charge < -0.3 is 4.74 Å². The highest BCUT2D eigenvalue weighted by Gasteiger charge is 2.31. The molecule has 71 valence electrons. The lowest BCUT2D eigenvalue weighted by molar-refractivity contribution is 0.00582. The van der Waals surface area contributed by atoms with Gasteiger partial charge in [-0.2, -0.15) is 0 Å². The lowest BCUT2D eigenvalue weighted by atomic mass is 9.84. The molecule has 0 saturated heterocycles. The number of rotatable bonds is 5. The fourth-order valence-corrected chi connectivity index (χ4v) is 1.30. The maximum atomic E-state index is 10.2. The molecule has 0 N–H and O–H groups in total. The van der Waals surface area contributed by atoms with Crippen molar-refractivity contribution in [1.82, 2.24) is 0 Å². The van der Waals surface area contributed by atoms with E-state index in [1.807, 2.05) is 6.92 Å². The van der Waals surface area contributed by atoms with E-state index < -0.39 is 0 Å². The second-order valence-corrected chi connectivity index (χ2v) is 4.25. The number of carbonyl (C=O) groups excluding carboxylic acids is 1. The first kappa shape index (κ1) is 11.5. The molecule has 2 heteroatoms. The van der Waals surface area contributed by atoms with Gasteiger partial charge in [0.1, 0.15) is 5.60 Å². The van der Waals surface area contributed by atoms with Gasteiger partial charge in [0.2, 0.25) is 0 Å². The van der Waals surface area contributed by atoms with Crippen molar-refractivity contribution in [1.29, 1.82) is 0 Å². The molecule has 0 rings (SSSR count). The van der Waals surface area contributed by atoms with Gasteiger partial charge in [0.25, 0.3) is 0 Å². The van der Waals surface area contributed by atoms with E-state index in [9.17, 15) is 4.79 Å². The Kier molecular flexibility index (Phi) is 4.29. The quantitative estimate of drug-likeness (QED) is 0.635. The van der Waals surface area contributed by atoms with Crippen LogP contribution in [0.1, 0.15) is 41.0 Å². The molecule has 0 aliphatic carbocycles. The first-order valence-electron chi connectivity index (χ1n) is 4.47. The Morgan fingerprint density at radius 3 is 2.08 bits per heavy atom. The zero-order chi connectivity index (χ0) is 9.78. The van der Waals surface area contributed by atoms with Gasteiger partial charge >= 0.3 is 6.47 Å². The van der Waals surface area contributed by atoms with E-state index in [4.69, 9.17) is 4.74 Å². The Bertz CT molecular complexity index is 141. The van der Waals surface area contributed by atoms with Crippen LogP contribution in [0.2, 0.25) is 0 Å². The molecule has 0 fully saturated rings. The van der Waals surface area contributed by atoms with Gasteiger partial charge in [0.05, 0.1) is 0 Å². The molecule has 0 amide bonds. The molecule has 0 aromatic carbocycles. The molecule has 2 nitrogen and oxygen atoms in total. The normalized spacial score (nSPS) is 16.2. The summed E-state index contributed by atoms with van der Waals surface area (Å²) in [5.74, 6) is 0.868. The SMILES string of the molecule is CC(C)CC(C)(O[C]=O)C(C)C. The largest absolute Gasteiger partial charge is 0.451 e. The summed E-state index contributed by atoms with van der Waals surface area (Å²) in [5.41, 5.74) is -0.351. The van der Waals surface area contributed by atoms with Gasteiger partial charge in [-0.05, 0) is 25.2 Å². The highest BCUT2D eigenvalue weighted by Crippen LogP contribution is 2.28. The Morgan fingerprint density at radius 1 is 1.33 bits per heavy atom. The van der Waals surface area contributed by atoms with Crippen LogP contribution in [0.5, 0.6) is 0 Å². The first-order valence-corrected chi connectivity index (χ1v) is 4.47. The third kappa shape index (κ3) is 3.24. The summed E-state index contributed by atoms with van der Waals surface area (Å²) in [6.45, 7) is 11.9. The number of hydrogen-bond acceptors (Lipinski definition) is 2. The smallest absolute Gasteiger partial charge is 0.418 e. The monoisotopic (exact) mass is 171 g/mol. The summed E-state index contributed by atoms with van der Waals surface area (Å²) in [4.78, 5) is 10.2. The van der Waals surface area contributed by atoms with Gasteiger partial charge in [0, 0.05) is 0 Å². The van der Waals surface area contributed by atoms with Crippen LogP contribution in [0, 0.1) is 11.8 Å². The van der Waals surface area contributed by atoms with Crippen molar-refractivity contribution >= 4 is 6.47 Å². The predicted molar refractivity (Wildman–Crippen MR) is 49.5 cm³/mol.